The van der Waals surface area contributed by atoms with Gasteiger partial charge in [0.1, 0.15) is 11.5 Å². The van der Waals surface area contributed by atoms with Gasteiger partial charge >= 0.3 is 0 Å². The summed E-state index contributed by atoms with van der Waals surface area (Å²) in [6.45, 7) is 5.97. The Morgan fingerprint density at radius 2 is 1.96 bits per heavy atom. The molecular formula is C21H23NO4. The highest BCUT2D eigenvalue weighted by Gasteiger charge is 2.50. The molecule has 0 spiro atoms. The molecule has 0 saturated carbocycles. The van der Waals surface area contributed by atoms with Gasteiger partial charge in [-0.3, -0.25) is 9.59 Å². The second-order valence-corrected chi connectivity index (χ2v) is 6.69. The van der Waals surface area contributed by atoms with E-state index in [1.54, 1.807) is 6.07 Å². The molecule has 0 radical (unpaired) electrons. The predicted molar refractivity (Wildman–Crippen MR) is 99.2 cm³/mol. The first-order chi connectivity index (χ1) is 12.4. The maximum absolute atomic E-state index is 13.1. The van der Waals surface area contributed by atoms with Crippen molar-refractivity contribution in [1.29, 1.82) is 0 Å². The minimum Gasteiger partial charge on any atom is -0.494 e. The Bertz CT molecular complexity index is 861. The summed E-state index contributed by atoms with van der Waals surface area (Å²) in [4.78, 5) is 26.3. The zero-order valence-electron chi connectivity index (χ0n) is 15.3. The number of carbonyl (C=O) groups excluding carboxylic acids is 2. The van der Waals surface area contributed by atoms with Crippen molar-refractivity contribution in [2.24, 2.45) is 0 Å². The smallest absolute Gasteiger partial charge is 0.264 e. The number of aryl methyl sites for hydroxylation is 1. The lowest BCUT2D eigenvalue weighted by Crippen LogP contribution is -2.41. The third-order valence-electron chi connectivity index (χ3n) is 4.59. The Balaban J connectivity index is 2.04. The van der Waals surface area contributed by atoms with Crippen molar-refractivity contribution in [3.8, 4) is 5.75 Å². The van der Waals surface area contributed by atoms with E-state index in [4.69, 9.17) is 4.74 Å². The number of hydrogen-bond acceptors (Lipinski definition) is 4. The highest BCUT2D eigenvalue weighted by Crippen LogP contribution is 2.44. The van der Waals surface area contributed by atoms with Crippen LogP contribution in [-0.2, 0) is 21.7 Å². The van der Waals surface area contributed by atoms with Crippen molar-refractivity contribution in [3.05, 3.63) is 59.2 Å². The molecule has 0 aliphatic carbocycles. The normalized spacial score (nSPS) is 18.8. The van der Waals surface area contributed by atoms with Crippen LogP contribution in [0.1, 0.15) is 37.0 Å². The molecule has 1 heterocycles. The van der Waals surface area contributed by atoms with E-state index in [1.165, 1.54) is 11.8 Å². The standard InChI is InChI=1S/C21H23NO4/c1-4-26-19-8-6-5-7-16(19)13-22-18-10-9-14(2)11-17(18)21(25,20(22)24)12-15(3)23/h5-11,25H,4,12-13H2,1-3H3. The number of Topliss-reactive ketones (excluding diaryl/α,β-unsaturated/α-hetero) is 1. The van der Waals surface area contributed by atoms with Gasteiger partial charge < -0.3 is 14.7 Å². The van der Waals surface area contributed by atoms with Crippen LogP contribution >= 0.6 is 0 Å². The van der Waals surface area contributed by atoms with E-state index < -0.39 is 11.5 Å². The van der Waals surface area contributed by atoms with Crippen LogP contribution in [0.3, 0.4) is 0 Å². The highest BCUT2D eigenvalue weighted by molar-refractivity contribution is 6.08. The van der Waals surface area contributed by atoms with Crippen LogP contribution in [0.2, 0.25) is 0 Å². The molecule has 26 heavy (non-hydrogen) atoms. The number of ketones is 1. The monoisotopic (exact) mass is 353 g/mol. The molecule has 0 fully saturated rings. The number of hydrogen-bond donors (Lipinski definition) is 1. The minimum atomic E-state index is -1.81. The molecule has 3 rings (SSSR count). The van der Waals surface area contributed by atoms with Gasteiger partial charge in [0, 0.05) is 17.5 Å². The number of anilines is 1. The number of rotatable bonds is 6. The molecule has 2 aromatic carbocycles. The summed E-state index contributed by atoms with van der Waals surface area (Å²) in [7, 11) is 0. The van der Waals surface area contributed by atoms with Crippen LogP contribution in [0.15, 0.2) is 42.5 Å². The number of para-hydroxylation sites is 1. The molecule has 2 aromatic rings. The third-order valence-corrected chi connectivity index (χ3v) is 4.59. The van der Waals surface area contributed by atoms with Crippen molar-refractivity contribution < 1.29 is 19.4 Å². The average Bonchev–Trinajstić information content (AvgIpc) is 2.78. The van der Waals surface area contributed by atoms with Gasteiger partial charge in [0.2, 0.25) is 0 Å². The molecule has 0 aromatic heterocycles. The predicted octanol–water partition coefficient (Wildman–Crippen LogP) is 3.11. The number of amides is 1. The Morgan fingerprint density at radius 3 is 2.65 bits per heavy atom. The van der Waals surface area contributed by atoms with E-state index in [-0.39, 0.29) is 18.7 Å². The molecule has 5 heteroatoms. The average molecular weight is 353 g/mol. The maximum Gasteiger partial charge on any atom is 0.264 e. The van der Waals surface area contributed by atoms with Crippen molar-refractivity contribution in [1.82, 2.24) is 0 Å². The van der Waals surface area contributed by atoms with Crippen LogP contribution < -0.4 is 9.64 Å². The number of aliphatic hydroxyl groups is 1. The number of benzene rings is 2. The SMILES string of the molecule is CCOc1ccccc1CN1C(=O)C(O)(CC(C)=O)c2cc(C)ccc21. The first-order valence-electron chi connectivity index (χ1n) is 8.72. The van der Waals surface area contributed by atoms with E-state index in [0.717, 1.165) is 11.1 Å². The van der Waals surface area contributed by atoms with Crippen LogP contribution in [0.25, 0.3) is 0 Å². The van der Waals surface area contributed by atoms with Crippen LogP contribution in [0, 0.1) is 6.92 Å². The molecule has 5 nitrogen and oxygen atoms in total. The summed E-state index contributed by atoms with van der Waals surface area (Å²) in [5.41, 5.74) is 1.09. The van der Waals surface area contributed by atoms with Gasteiger partial charge in [-0.1, -0.05) is 35.9 Å². The van der Waals surface area contributed by atoms with Gasteiger partial charge in [-0.15, -0.1) is 0 Å². The molecular weight excluding hydrogens is 330 g/mol. The van der Waals surface area contributed by atoms with E-state index in [1.807, 2.05) is 50.2 Å². The van der Waals surface area contributed by atoms with E-state index in [0.29, 0.717) is 23.6 Å². The molecule has 1 amide bonds. The number of carbonyl (C=O) groups is 2. The second-order valence-electron chi connectivity index (χ2n) is 6.69. The largest absolute Gasteiger partial charge is 0.494 e. The Kier molecular flexibility index (Phi) is 4.83. The molecule has 1 unspecified atom stereocenters. The van der Waals surface area contributed by atoms with E-state index in [2.05, 4.69) is 0 Å². The number of fused-ring (bicyclic) bond motifs is 1. The Morgan fingerprint density at radius 1 is 1.23 bits per heavy atom. The van der Waals surface area contributed by atoms with Gasteiger partial charge in [0.25, 0.3) is 5.91 Å². The summed E-state index contributed by atoms with van der Waals surface area (Å²) >= 11 is 0. The highest BCUT2D eigenvalue weighted by atomic mass is 16.5. The third kappa shape index (κ3) is 3.10. The lowest BCUT2D eigenvalue weighted by atomic mass is 9.89. The summed E-state index contributed by atoms with van der Waals surface area (Å²) in [6, 6.07) is 13.0. The fourth-order valence-corrected chi connectivity index (χ4v) is 3.45. The van der Waals surface area contributed by atoms with Gasteiger partial charge in [-0.05, 0) is 32.9 Å². The zero-order chi connectivity index (χ0) is 18.9. The first-order valence-corrected chi connectivity index (χ1v) is 8.72. The molecule has 1 aliphatic heterocycles. The molecule has 0 bridgehead atoms. The summed E-state index contributed by atoms with van der Waals surface area (Å²) in [5, 5.41) is 11.1. The van der Waals surface area contributed by atoms with Gasteiger partial charge in [-0.2, -0.15) is 0 Å². The number of ether oxygens (including phenoxy) is 1. The molecule has 1 N–H and O–H groups in total. The second kappa shape index (κ2) is 6.92. The molecule has 1 atom stereocenters. The summed E-state index contributed by atoms with van der Waals surface area (Å²) < 4.78 is 5.65. The van der Waals surface area contributed by atoms with Crippen LogP contribution in [-0.4, -0.2) is 23.4 Å². The molecule has 136 valence electrons. The Hall–Kier alpha value is -2.66. The van der Waals surface area contributed by atoms with Crippen molar-refractivity contribution in [2.45, 2.75) is 39.3 Å². The van der Waals surface area contributed by atoms with Gasteiger partial charge in [0.15, 0.2) is 5.60 Å². The zero-order valence-corrected chi connectivity index (χ0v) is 15.3. The quantitative estimate of drug-likeness (QED) is 0.866. The minimum absolute atomic E-state index is 0.230. The van der Waals surface area contributed by atoms with Crippen LogP contribution in [0.5, 0.6) is 5.75 Å². The lowest BCUT2D eigenvalue weighted by molar-refractivity contribution is -0.141. The van der Waals surface area contributed by atoms with E-state index >= 15 is 0 Å². The maximum atomic E-state index is 13.1. The summed E-state index contributed by atoms with van der Waals surface area (Å²) in [5.74, 6) is 0.00273. The Labute approximate surface area is 153 Å². The van der Waals surface area contributed by atoms with Gasteiger partial charge in [-0.25, -0.2) is 0 Å². The molecule has 1 aliphatic rings. The lowest BCUT2D eigenvalue weighted by Gasteiger charge is -2.23. The van der Waals surface area contributed by atoms with Crippen LogP contribution in [0.4, 0.5) is 5.69 Å². The topological polar surface area (TPSA) is 66.8 Å². The first kappa shape index (κ1) is 18.1. The fourth-order valence-electron chi connectivity index (χ4n) is 3.45. The summed E-state index contributed by atoms with van der Waals surface area (Å²) in [6.07, 6.45) is -0.230. The fraction of sp³-hybridized carbons (Fsp3) is 0.333. The van der Waals surface area contributed by atoms with Crippen molar-refractivity contribution in [2.75, 3.05) is 11.5 Å². The number of nitrogens with zero attached hydrogens (tertiary/aromatic N) is 1. The van der Waals surface area contributed by atoms with Crippen molar-refractivity contribution >= 4 is 17.4 Å². The van der Waals surface area contributed by atoms with Gasteiger partial charge in [0.05, 0.1) is 18.8 Å². The molecule has 0 saturated heterocycles. The van der Waals surface area contributed by atoms with E-state index in [9.17, 15) is 14.7 Å². The van der Waals surface area contributed by atoms with Crippen molar-refractivity contribution in [3.63, 3.8) is 0 Å².